The molecular weight excluding hydrogens is 327 g/mol. The van der Waals surface area contributed by atoms with Gasteiger partial charge in [-0.15, -0.1) is 0 Å². The van der Waals surface area contributed by atoms with Crippen LogP contribution in [-0.4, -0.2) is 11.9 Å². The van der Waals surface area contributed by atoms with E-state index in [1.54, 1.807) is 12.1 Å². The van der Waals surface area contributed by atoms with Crippen LogP contribution in [0.25, 0.3) is 0 Å². The minimum Gasteiger partial charge on any atom is -0.322 e. The van der Waals surface area contributed by atoms with Gasteiger partial charge in [0.2, 0.25) is 5.91 Å². The van der Waals surface area contributed by atoms with Gasteiger partial charge in [-0.05, 0) is 18.6 Å². The maximum Gasteiger partial charge on any atom is 0.241 e. The molecule has 0 unspecified atom stereocenters. The lowest BCUT2D eigenvalue weighted by atomic mass is 10.1. The molecule has 0 aliphatic rings. The molecule has 0 fully saturated rings. The lowest BCUT2D eigenvalue weighted by molar-refractivity contribution is -0.117. The van der Waals surface area contributed by atoms with Crippen molar-refractivity contribution in [1.29, 1.82) is 0 Å². The van der Waals surface area contributed by atoms with Gasteiger partial charge in [-0.3, -0.25) is 4.79 Å². The molecule has 0 spiro atoms. The van der Waals surface area contributed by atoms with Gasteiger partial charge in [-0.25, -0.2) is 0 Å². The molecule has 1 atom stereocenters. The molecule has 0 aliphatic carbocycles. The van der Waals surface area contributed by atoms with Gasteiger partial charge in [0.25, 0.3) is 0 Å². The van der Waals surface area contributed by atoms with Crippen LogP contribution in [0.1, 0.15) is 19.8 Å². The van der Waals surface area contributed by atoms with E-state index in [0.717, 1.165) is 10.9 Å². The molecule has 3 nitrogen and oxygen atoms in total. The molecule has 3 N–H and O–H groups in total. The van der Waals surface area contributed by atoms with E-state index < -0.39 is 6.04 Å². The van der Waals surface area contributed by atoms with Crippen molar-refractivity contribution in [3.8, 4) is 0 Å². The average molecular weight is 340 g/mol. The second kappa shape index (κ2) is 6.59. The number of hydrogen-bond acceptors (Lipinski definition) is 2. The van der Waals surface area contributed by atoms with Gasteiger partial charge in [0.15, 0.2) is 0 Å². The summed E-state index contributed by atoms with van der Waals surface area (Å²) in [5.41, 5.74) is 6.09. The van der Waals surface area contributed by atoms with Crippen molar-refractivity contribution in [3.05, 3.63) is 26.7 Å². The predicted octanol–water partition coefficient (Wildman–Crippen LogP) is 3.82. The summed E-state index contributed by atoms with van der Waals surface area (Å²) in [6.07, 6.45) is 1.47. The molecule has 0 bridgehead atoms. The van der Waals surface area contributed by atoms with Crippen LogP contribution in [0.15, 0.2) is 16.6 Å². The SMILES string of the molecule is CCC[C@H](N)C(=O)Nc1c(Cl)cc(Br)cc1Cl. The zero-order chi connectivity index (χ0) is 13.0. The van der Waals surface area contributed by atoms with Gasteiger partial charge in [0, 0.05) is 4.47 Å². The molecule has 0 heterocycles. The van der Waals surface area contributed by atoms with Gasteiger partial charge in [0.1, 0.15) is 0 Å². The summed E-state index contributed by atoms with van der Waals surface area (Å²) < 4.78 is 0.753. The monoisotopic (exact) mass is 338 g/mol. The second-order valence-corrected chi connectivity index (χ2v) is 5.36. The fourth-order valence-corrected chi connectivity index (χ4v) is 2.62. The number of halogens is 3. The third kappa shape index (κ3) is 4.14. The Morgan fingerprint density at radius 2 is 2.00 bits per heavy atom. The van der Waals surface area contributed by atoms with E-state index in [2.05, 4.69) is 21.2 Å². The van der Waals surface area contributed by atoms with Gasteiger partial charge in [0.05, 0.1) is 21.8 Å². The highest BCUT2D eigenvalue weighted by atomic mass is 79.9. The molecule has 1 rings (SSSR count). The number of hydrogen-bond donors (Lipinski definition) is 2. The van der Waals surface area contributed by atoms with E-state index in [4.69, 9.17) is 28.9 Å². The Balaban J connectivity index is 2.85. The number of carbonyl (C=O) groups excluding carboxylic acids is 1. The fourth-order valence-electron chi connectivity index (χ4n) is 1.32. The molecule has 0 saturated heterocycles. The molecule has 1 amide bonds. The van der Waals surface area contributed by atoms with Gasteiger partial charge in [-0.1, -0.05) is 52.5 Å². The third-order valence-electron chi connectivity index (χ3n) is 2.19. The molecule has 17 heavy (non-hydrogen) atoms. The number of amides is 1. The first-order valence-corrected chi connectivity index (χ1v) is 6.71. The van der Waals surface area contributed by atoms with Crippen molar-refractivity contribution < 1.29 is 4.79 Å². The van der Waals surface area contributed by atoms with Gasteiger partial charge >= 0.3 is 0 Å². The zero-order valence-electron chi connectivity index (χ0n) is 9.27. The average Bonchev–Trinajstić information content (AvgIpc) is 2.23. The smallest absolute Gasteiger partial charge is 0.241 e. The number of nitrogens with two attached hydrogens (primary N) is 1. The topological polar surface area (TPSA) is 55.1 Å². The maximum absolute atomic E-state index is 11.7. The highest BCUT2D eigenvalue weighted by molar-refractivity contribution is 9.10. The van der Waals surface area contributed by atoms with Gasteiger partial charge < -0.3 is 11.1 Å². The highest BCUT2D eigenvalue weighted by Crippen LogP contribution is 2.33. The van der Waals surface area contributed by atoms with Crippen molar-refractivity contribution in [2.75, 3.05) is 5.32 Å². The molecule has 6 heteroatoms. The summed E-state index contributed by atoms with van der Waals surface area (Å²) in [7, 11) is 0. The van der Waals surface area contributed by atoms with Crippen LogP contribution >= 0.6 is 39.1 Å². The minimum atomic E-state index is -0.546. The van der Waals surface area contributed by atoms with E-state index in [0.29, 0.717) is 22.2 Å². The Morgan fingerprint density at radius 3 is 2.47 bits per heavy atom. The first kappa shape index (κ1) is 14.8. The molecule has 0 aromatic heterocycles. The van der Waals surface area contributed by atoms with Crippen LogP contribution in [-0.2, 0) is 4.79 Å². The van der Waals surface area contributed by atoms with Crippen LogP contribution < -0.4 is 11.1 Å². The first-order chi connectivity index (χ1) is 7.95. The van der Waals surface area contributed by atoms with Crippen LogP contribution in [0.3, 0.4) is 0 Å². The van der Waals surface area contributed by atoms with Crippen LogP contribution in [0.2, 0.25) is 10.0 Å². The Morgan fingerprint density at radius 1 is 1.47 bits per heavy atom. The van der Waals surface area contributed by atoms with Crippen molar-refractivity contribution in [2.45, 2.75) is 25.8 Å². The van der Waals surface area contributed by atoms with Crippen LogP contribution in [0, 0.1) is 0 Å². The number of benzene rings is 1. The number of carbonyl (C=O) groups is 1. The van der Waals surface area contributed by atoms with E-state index in [-0.39, 0.29) is 5.91 Å². The Kier molecular flexibility index (Phi) is 5.73. The molecule has 0 saturated carbocycles. The zero-order valence-corrected chi connectivity index (χ0v) is 12.4. The summed E-state index contributed by atoms with van der Waals surface area (Å²) in [6, 6.07) is 2.78. The molecule has 0 radical (unpaired) electrons. The standard InChI is InChI=1S/C11H13BrCl2N2O/c1-2-3-9(15)11(17)16-10-7(13)4-6(12)5-8(10)14/h4-5,9H,2-3,15H2,1H3,(H,16,17)/t9-/m0/s1. The summed E-state index contributed by atoms with van der Waals surface area (Å²) in [6.45, 7) is 1.97. The van der Waals surface area contributed by atoms with Crippen molar-refractivity contribution in [3.63, 3.8) is 0 Å². The number of anilines is 1. The quantitative estimate of drug-likeness (QED) is 0.876. The Bertz CT molecular complexity index is 403. The minimum absolute atomic E-state index is 0.280. The summed E-state index contributed by atoms with van der Waals surface area (Å²) >= 11 is 15.2. The van der Waals surface area contributed by atoms with Gasteiger partial charge in [-0.2, -0.15) is 0 Å². The fraction of sp³-hybridized carbons (Fsp3) is 0.364. The summed E-state index contributed by atoms with van der Waals surface area (Å²) in [5, 5.41) is 3.39. The molecule has 1 aromatic carbocycles. The van der Waals surface area contributed by atoms with E-state index >= 15 is 0 Å². The lowest BCUT2D eigenvalue weighted by Crippen LogP contribution is -2.35. The molecular formula is C11H13BrCl2N2O. The van der Waals surface area contributed by atoms with Crippen molar-refractivity contribution >= 4 is 50.7 Å². The Labute approximate surface area is 119 Å². The van der Waals surface area contributed by atoms with Crippen molar-refractivity contribution in [1.82, 2.24) is 0 Å². The Hall–Kier alpha value is -0.290. The maximum atomic E-state index is 11.7. The number of nitrogens with one attached hydrogen (secondary N) is 1. The normalized spacial score (nSPS) is 12.3. The van der Waals surface area contributed by atoms with E-state index in [9.17, 15) is 4.79 Å². The summed E-state index contributed by atoms with van der Waals surface area (Å²) in [5.74, 6) is -0.280. The van der Waals surface area contributed by atoms with E-state index in [1.165, 1.54) is 0 Å². The van der Waals surface area contributed by atoms with E-state index in [1.807, 2.05) is 6.92 Å². The summed E-state index contributed by atoms with van der Waals surface area (Å²) in [4.78, 5) is 11.7. The largest absolute Gasteiger partial charge is 0.322 e. The van der Waals surface area contributed by atoms with Crippen molar-refractivity contribution in [2.24, 2.45) is 5.73 Å². The lowest BCUT2D eigenvalue weighted by Gasteiger charge is -2.13. The van der Waals surface area contributed by atoms with Crippen LogP contribution in [0.5, 0.6) is 0 Å². The predicted molar refractivity (Wildman–Crippen MR) is 75.7 cm³/mol. The molecule has 1 aromatic rings. The first-order valence-electron chi connectivity index (χ1n) is 5.16. The molecule has 0 aliphatic heterocycles. The highest BCUT2D eigenvalue weighted by Gasteiger charge is 2.16. The molecule has 94 valence electrons. The third-order valence-corrected chi connectivity index (χ3v) is 3.25. The second-order valence-electron chi connectivity index (χ2n) is 3.63. The van der Waals surface area contributed by atoms with Crippen LogP contribution in [0.4, 0.5) is 5.69 Å². The number of rotatable bonds is 4.